The summed E-state index contributed by atoms with van der Waals surface area (Å²) in [6.45, 7) is 4.67. The van der Waals surface area contributed by atoms with E-state index in [-0.39, 0.29) is 17.2 Å². The molecule has 1 heterocycles. The molecule has 0 saturated carbocycles. The van der Waals surface area contributed by atoms with Crippen molar-refractivity contribution in [3.63, 3.8) is 0 Å². The predicted octanol–water partition coefficient (Wildman–Crippen LogP) is 5.11. The lowest BCUT2D eigenvalue weighted by molar-refractivity contribution is -0.115. The Morgan fingerprint density at radius 3 is 2.42 bits per heavy atom. The van der Waals surface area contributed by atoms with Crippen LogP contribution in [0.5, 0.6) is 0 Å². The number of hydrogen-bond donors (Lipinski definition) is 1. The lowest BCUT2D eigenvalue weighted by Crippen LogP contribution is -2.25. The fourth-order valence-corrected chi connectivity index (χ4v) is 4.30. The highest BCUT2D eigenvalue weighted by molar-refractivity contribution is 8.00. The van der Waals surface area contributed by atoms with Gasteiger partial charge in [-0.2, -0.15) is 0 Å². The van der Waals surface area contributed by atoms with Crippen LogP contribution in [0, 0.1) is 0 Å². The number of nitrogens with one attached hydrogen (secondary N) is 1. The van der Waals surface area contributed by atoms with Crippen molar-refractivity contribution in [1.82, 2.24) is 19.7 Å². The van der Waals surface area contributed by atoms with Crippen molar-refractivity contribution in [3.8, 4) is 0 Å². The Balaban J connectivity index is 1.82. The minimum absolute atomic E-state index is 0.0946. The van der Waals surface area contributed by atoms with Gasteiger partial charge in [-0.15, -0.1) is 10.2 Å². The van der Waals surface area contributed by atoms with E-state index in [4.69, 9.17) is 11.6 Å². The van der Waals surface area contributed by atoms with Gasteiger partial charge in [0.05, 0.1) is 17.8 Å². The summed E-state index contributed by atoms with van der Waals surface area (Å²) in [6.07, 6.45) is 0.914. The van der Waals surface area contributed by atoms with E-state index < -0.39 is 0 Å². The molecule has 2 unspecified atom stereocenters. The topological polar surface area (TPSA) is 63.1 Å². The predicted molar refractivity (Wildman–Crippen MR) is 128 cm³/mol. The summed E-state index contributed by atoms with van der Waals surface area (Å²) in [7, 11) is 4.09. The number of carbonyl (C=O) groups excluding carboxylic acids is 1. The standard InChI is InChI=1S/C23H28ClN5OS/c1-5-20(28(3)4)21-26-27-23(29(21)15-17-9-7-6-8-10-17)31-16(2)22(30)25-19-13-11-18(24)12-14-19/h6-14,16,20H,5,15H2,1-4H3,(H,25,30). The molecule has 164 valence electrons. The molecule has 3 rings (SSSR count). The molecule has 0 fully saturated rings. The van der Waals surface area contributed by atoms with Crippen LogP contribution in [-0.2, 0) is 11.3 Å². The summed E-state index contributed by atoms with van der Waals surface area (Å²) in [4.78, 5) is 14.9. The lowest BCUT2D eigenvalue weighted by Gasteiger charge is -2.23. The maximum absolute atomic E-state index is 12.7. The van der Waals surface area contributed by atoms with Gasteiger partial charge in [-0.1, -0.05) is 60.6 Å². The SMILES string of the molecule is CCC(c1nnc(SC(C)C(=O)Nc2ccc(Cl)cc2)n1Cc1ccccc1)N(C)C. The monoisotopic (exact) mass is 457 g/mol. The van der Waals surface area contributed by atoms with Crippen LogP contribution >= 0.6 is 23.4 Å². The first-order valence-corrected chi connectivity index (χ1v) is 11.5. The smallest absolute Gasteiger partial charge is 0.237 e. The zero-order valence-corrected chi connectivity index (χ0v) is 19.8. The van der Waals surface area contributed by atoms with Crippen LogP contribution in [0.25, 0.3) is 0 Å². The van der Waals surface area contributed by atoms with Crippen LogP contribution < -0.4 is 5.32 Å². The van der Waals surface area contributed by atoms with Crippen molar-refractivity contribution in [2.45, 2.75) is 43.3 Å². The van der Waals surface area contributed by atoms with Gasteiger partial charge in [-0.3, -0.25) is 9.69 Å². The summed E-state index contributed by atoms with van der Waals surface area (Å²) in [5.74, 6) is 0.812. The van der Waals surface area contributed by atoms with Gasteiger partial charge in [0, 0.05) is 10.7 Å². The quantitative estimate of drug-likeness (QED) is 0.452. The molecule has 3 aromatic rings. The molecule has 0 aliphatic rings. The Morgan fingerprint density at radius 1 is 1.13 bits per heavy atom. The average Bonchev–Trinajstić information content (AvgIpc) is 3.12. The fourth-order valence-electron chi connectivity index (χ4n) is 3.32. The second-order valence-electron chi connectivity index (χ2n) is 7.56. The average molecular weight is 458 g/mol. The fraction of sp³-hybridized carbons (Fsp3) is 0.348. The van der Waals surface area contributed by atoms with Crippen LogP contribution in [0.3, 0.4) is 0 Å². The summed E-state index contributed by atoms with van der Waals surface area (Å²) < 4.78 is 2.13. The van der Waals surface area contributed by atoms with Gasteiger partial charge < -0.3 is 9.88 Å². The third-order valence-corrected chi connectivity index (χ3v) is 6.33. The van der Waals surface area contributed by atoms with E-state index in [1.807, 2.05) is 39.2 Å². The van der Waals surface area contributed by atoms with Gasteiger partial charge >= 0.3 is 0 Å². The van der Waals surface area contributed by atoms with Crippen LogP contribution in [0.15, 0.2) is 59.8 Å². The number of nitrogens with zero attached hydrogens (tertiary/aromatic N) is 4. The molecule has 0 saturated heterocycles. The van der Waals surface area contributed by atoms with Crippen molar-refractivity contribution >= 4 is 35.0 Å². The van der Waals surface area contributed by atoms with Crippen LogP contribution in [0.1, 0.15) is 37.7 Å². The van der Waals surface area contributed by atoms with Crippen molar-refractivity contribution < 1.29 is 4.79 Å². The first-order valence-electron chi connectivity index (χ1n) is 10.3. The van der Waals surface area contributed by atoms with Crippen LogP contribution in [-0.4, -0.2) is 44.9 Å². The molecule has 2 aromatic carbocycles. The Hall–Kier alpha value is -2.35. The second-order valence-corrected chi connectivity index (χ2v) is 9.30. The number of amides is 1. The van der Waals surface area contributed by atoms with Crippen molar-refractivity contribution in [1.29, 1.82) is 0 Å². The Morgan fingerprint density at radius 2 is 1.81 bits per heavy atom. The maximum Gasteiger partial charge on any atom is 0.237 e. The molecule has 31 heavy (non-hydrogen) atoms. The zero-order chi connectivity index (χ0) is 22.4. The minimum Gasteiger partial charge on any atom is -0.325 e. The summed E-state index contributed by atoms with van der Waals surface area (Å²) in [5.41, 5.74) is 1.88. The second kappa shape index (κ2) is 10.8. The van der Waals surface area contributed by atoms with Crippen molar-refractivity contribution in [2.75, 3.05) is 19.4 Å². The maximum atomic E-state index is 12.7. The van der Waals surface area contributed by atoms with E-state index in [9.17, 15) is 4.79 Å². The molecular weight excluding hydrogens is 430 g/mol. The Kier molecular flexibility index (Phi) is 8.12. The highest BCUT2D eigenvalue weighted by Gasteiger charge is 2.25. The molecule has 0 aliphatic carbocycles. The van der Waals surface area contributed by atoms with Crippen LogP contribution in [0.4, 0.5) is 5.69 Å². The van der Waals surface area contributed by atoms with Gasteiger partial charge in [-0.05, 0) is 57.3 Å². The van der Waals surface area contributed by atoms with E-state index in [2.05, 4.69) is 44.0 Å². The molecule has 0 spiro atoms. The highest BCUT2D eigenvalue weighted by Crippen LogP contribution is 2.29. The van der Waals surface area contributed by atoms with Gasteiger partial charge in [0.1, 0.15) is 0 Å². The van der Waals surface area contributed by atoms with Crippen molar-refractivity contribution in [3.05, 3.63) is 71.0 Å². The molecule has 1 aromatic heterocycles. The number of halogens is 1. The lowest BCUT2D eigenvalue weighted by atomic mass is 10.2. The number of aromatic nitrogens is 3. The molecule has 0 radical (unpaired) electrons. The third-order valence-electron chi connectivity index (χ3n) is 5.00. The summed E-state index contributed by atoms with van der Waals surface area (Å²) >= 11 is 7.34. The minimum atomic E-state index is -0.346. The third kappa shape index (κ3) is 6.09. The number of thioether (sulfide) groups is 1. The van der Waals surface area contributed by atoms with Crippen LogP contribution in [0.2, 0.25) is 5.02 Å². The zero-order valence-electron chi connectivity index (χ0n) is 18.2. The number of rotatable bonds is 9. The van der Waals surface area contributed by atoms with Gasteiger partial charge in [-0.25, -0.2) is 0 Å². The molecule has 1 N–H and O–H groups in total. The molecular formula is C23H28ClN5OS. The molecule has 6 nitrogen and oxygen atoms in total. The van der Waals surface area contributed by atoms with Gasteiger partial charge in [0.2, 0.25) is 5.91 Å². The number of hydrogen-bond acceptors (Lipinski definition) is 5. The van der Waals surface area contributed by atoms with E-state index in [1.165, 1.54) is 11.8 Å². The van der Waals surface area contributed by atoms with E-state index in [0.29, 0.717) is 17.3 Å². The van der Waals surface area contributed by atoms with E-state index >= 15 is 0 Å². The van der Waals surface area contributed by atoms with Gasteiger partial charge in [0.25, 0.3) is 0 Å². The highest BCUT2D eigenvalue weighted by atomic mass is 35.5. The van der Waals surface area contributed by atoms with Gasteiger partial charge in [0.15, 0.2) is 11.0 Å². The molecule has 2 atom stereocenters. The van der Waals surface area contributed by atoms with E-state index in [0.717, 1.165) is 23.0 Å². The number of anilines is 1. The summed E-state index contributed by atoms with van der Waals surface area (Å²) in [5, 5.41) is 12.9. The largest absolute Gasteiger partial charge is 0.325 e. The van der Waals surface area contributed by atoms with E-state index in [1.54, 1.807) is 24.3 Å². The molecule has 0 aliphatic heterocycles. The first kappa shape index (κ1) is 23.3. The molecule has 1 amide bonds. The normalized spacial score (nSPS) is 13.2. The first-order chi connectivity index (χ1) is 14.9. The molecule has 0 bridgehead atoms. The van der Waals surface area contributed by atoms with Crippen molar-refractivity contribution in [2.24, 2.45) is 0 Å². The summed E-state index contributed by atoms with van der Waals surface area (Å²) in [6, 6.07) is 17.5. The number of carbonyl (C=O) groups is 1. The number of benzene rings is 2. The Bertz CT molecular complexity index is 991. The Labute approximate surface area is 193 Å². The molecule has 8 heteroatoms.